The molecule has 0 unspecified atom stereocenters. The van der Waals surface area contributed by atoms with Crippen molar-refractivity contribution in [2.45, 2.75) is 13.0 Å². The number of para-hydroxylation sites is 1. The van der Waals surface area contributed by atoms with Crippen molar-refractivity contribution in [2.24, 2.45) is 0 Å². The van der Waals surface area contributed by atoms with Crippen molar-refractivity contribution in [1.82, 2.24) is 5.32 Å². The van der Waals surface area contributed by atoms with Crippen molar-refractivity contribution >= 4 is 0 Å². The average Bonchev–Trinajstić information content (AvgIpc) is 2.40. The van der Waals surface area contributed by atoms with Gasteiger partial charge in [0.1, 0.15) is 11.5 Å². The van der Waals surface area contributed by atoms with E-state index in [0.717, 1.165) is 31.0 Å². The van der Waals surface area contributed by atoms with Crippen molar-refractivity contribution in [1.29, 1.82) is 0 Å². The van der Waals surface area contributed by atoms with Gasteiger partial charge in [-0.3, -0.25) is 0 Å². The standard InChI is InChI=1S/C15H15NO/c1-2-4-14(5-3-1)17-15-7-6-12-8-9-16-11-13(12)10-15/h1-7,10,16H,8-9,11H2. The van der Waals surface area contributed by atoms with E-state index in [0.29, 0.717) is 0 Å². The second-order valence-corrected chi connectivity index (χ2v) is 4.27. The molecule has 1 aliphatic heterocycles. The average molecular weight is 225 g/mol. The van der Waals surface area contributed by atoms with E-state index in [4.69, 9.17) is 4.74 Å². The number of ether oxygens (including phenoxy) is 1. The fourth-order valence-corrected chi connectivity index (χ4v) is 2.14. The highest BCUT2D eigenvalue weighted by Crippen LogP contribution is 2.25. The summed E-state index contributed by atoms with van der Waals surface area (Å²) < 4.78 is 5.82. The molecule has 0 atom stereocenters. The Balaban J connectivity index is 1.84. The maximum absolute atomic E-state index is 5.82. The molecule has 0 saturated carbocycles. The van der Waals surface area contributed by atoms with Crippen LogP contribution in [0.1, 0.15) is 11.1 Å². The lowest BCUT2D eigenvalue weighted by molar-refractivity contribution is 0.480. The van der Waals surface area contributed by atoms with E-state index in [1.165, 1.54) is 11.1 Å². The monoisotopic (exact) mass is 225 g/mol. The molecule has 86 valence electrons. The van der Waals surface area contributed by atoms with Gasteiger partial charge in [-0.25, -0.2) is 0 Å². The molecule has 0 spiro atoms. The number of rotatable bonds is 2. The Morgan fingerprint density at radius 1 is 0.882 bits per heavy atom. The SMILES string of the molecule is c1ccc(Oc2ccc3c(c2)CNCC3)cc1. The summed E-state index contributed by atoms with van der Waals surface area (Å²) >= 11 is 0. The molecule has 2 nitrogen and oxygen atoms in total. The van der Waals surface area contributed by atoms with Gasteiger partial charge in [0.15, 0.2) is 0 Å². The summed E-state index contributed by atoms with van der Waals surface area (Å²) in [5.74, 6) is 1.80. The van der Waals surface area contributed by atoms with Crippen LogP contribution in [0.25, 0.3) is 0 Å². The minimum absolute atomic E-state index is 0.885. The van der Waals surface area contributed by atoms with Crippen LogP contribution in [0.4, 0.5) is 0 Å². The predicted octanol–water partition coefficient (Wildman–Crippen LogP) is 3.12. The highest BCUT2D eigenvalue weighted by molar-refractivity contribution is 5.39. The van der Waals surface area contributed by atoms with E-state index in [1.54, 1.807) is 0 Å². The molecule has 2 heteroatoms. The van der Waals surface area contributed by atoms with Crippen LogP contribution in [0, 0.1) is 0 Å². The van der Waals surface area contributed by atoms with Crippen LogP contribution in [0.5, 0.6) is 11.5 Å². The first-order valence-corrected chi connectivity index (χ1v) is 5.97. The Morgan fingerprint density at radius 2 is 1.76 bits per heavy atom. The van der Waals surface area contributed by atoms with Gasteiger partial charge in [-0.2, -0.15) is 0 Å². The first-order chi connectivity index (χ1) is 8.42. The van der Waals surface area contributed by atoms with E-state index >= 15 is 0 Å². The quantitative estimate of drug-likeness (QED) is 0.847. The van der Waals surface area contributed by atoms with Gasteiger partial charge in [0.25, 0.3) is 0 Å². The molecule has 1 aliphatic rings. The lowest BCUT2D eigenvalue weighted by Gasteiger charge is -2.17. The summed E-state index contributed by atoms with van der Waals surface area (Å²) in [6, 6.07) is 16.3. The lowest BCUT2D eigenvalue weighted by Crippen LogP contribution is -2.23. The molecule has 0 bridgehead atoms. The summed E-state index contributed by atoms with van der Waals surface area (Å²) in [5.41, 5.74) is 2.79. The zero-order chi connectivity index (χ0) is 11.5. The molecule has 2 aromatic rings. The Morgan fingerprint density at radius 3 is 2.65 bits per heavy atom. The molecule has 17 heavy (non-hydrogen) atoms. The van der Waals surface area contributed by atoms with Crippen molar-refractivity contribution in [3.63, 3.8) is 0 Å². The fourth-order valence-electron chi connectivity index (χ4n) is 2.14. The fraction of sp³-hybridized carbons (Fsp3) is 0.200. The molecule has 0 aliphatic carbocycles. The Hall–Kier alpha value is -1.80. The maximum atomic E-state index is 5.82. The van der Waals surface area contributed by atoms with Crippen molar-refractivity contribution in [3.8, 4) is 11.5 Å². The molecule has 2 aromatic carbocycles. The van der Waals surface area contributed by atoms with Crippen LogP contribution in [0.3, 0.4) is 0 Å². The molecular weight excluding hydrogens is 210 g/mol. The Kier molecular flexibility index (Phi) is 2.80. The largest absolute Gasteiger partial charge is 0.457 e. The van der Waals surface area contributed by atoms with Gasteiger partial charge >= 0.3 is 0 Å². The number of hydrogen-bond acceptors (Lipinski definition) is 2. The minimum atomic E-state index is 0.885. The highest BCUT2D eigenvalue weighted by atomic mass is 16.5. The normalized spacial score (nSPS) is 14.1. The number of hydrogen-bond donors (Lipinski definition) is 1. The second-order valence-electron chi connectivity index (χ2n) is 4.27. The first kappa shape index (κ1) is 10.4. The summed E-state index contributed by atoms with van der Waals surface area (Å²) in [6.07, 6.45) is 1.11. The molecule has 1 N–H and O–H groups in total. The summed E-state index contributed by atoms with van der Waals surface area (Å²) in [7, 11) is 0. The third-order valence-electron chi connectivity index (χ3n) is 3.04. The molecule has 0 radical (unpaired) electrons. The van der Waals surface area contributed by atoms with Crippen LogP contribution < -0.4 is 10.1 Å². The predicted molar refractivity (Wildman–Crippen MR) is 68.4 cm³/mol. The molecule has 3 rings (SSSR count). The van der Waals surface area contributed by atoms with Crippen LogP contribution in [0.15, 0.2) is 48.5 Å². The summed E-state index contributed by atoms with van der Waals surface area (Å²) in [4.78, 5) is 0. The summed E-state index contributed by atoms with van der Waals surface area (Å²) in [5, 5.41) is 3.38. The van der Waals surface area contributed by atoms with Gasteiger partial charge in [0, 0.05) is 6.54 Å². The molecule has 1 heterocycles. The van der Waals surface area contributed by atoms with Gasteiger partial charge in [-0.1, -0.05) is 24.3 Å². The van der Waals surface area contributed by atoms with Crippen LogP contribution in [-0.4, -0.2) is 6.54 Å². The minimum Gasteiger partial charge on any atom is -0.457 e. The van der Waals surface area contributed by atoms with Crippen LogP contribution in [0.2, 0.25) is 0 Å². The first-order valence-electron chi connectivity index (χ1n) is 5.97. The zero-order valence-corrected chi connectivity index (χ0v) is 9.65. The van der Waals surface area contributed by atoms with Gasteiger partial charge < -0.3 is 10.1 Å². The molecule has 0 amide bonds. The highest BCUT2D eigenvalue weighted by Gasteiger charge is 2.09. The van der Waals surface area contributed by atoms with Crippen molar-refractivity contribution < 1.29 is 4.74 Å². The van der Waals surface area contributed by atoms with E-state index in [2.05, 4.69) is 23.5 Å². The van der Waals surface area contributed by atoms with E-state index in [-0.39, 0.29) is 0 Å². The van der Waals surface area contributed by atoms with Crippen molar-refractivity contribution in [2.75, 3.05) is 6.54 Å². The van der Waals surface area contributed by atoms with Gasteiger partial charge in [0.05, 0.1) is 0 Å². The van der Waals surface area contributed by atoms with Crippen molar-refractivity contribution in [3.05, 3.63) is 59.7 Å². The second kappa shape index (κ2) is 4.60. The lowest BCUT2D eigenvalue weighted by atomic mass is 10.0. The smallest absolute Gasteiger partial charge is 0.127 e. The van der Waals surface area contributed by atoms with Crippen LogP contribution in [-0.2, 0) is 13.0 Å². The third-order valence-corrected chi connectivity index (χ3v) is 3.04. The van der Waals surface area contributed by atoms with Gasteiger partial charge in [-0.05, 0) is 48.4 Å². The van der Waals surface area contributed by atoms with E-state index in [9.17, 15) is 0 Å². The molecule has 0 aromatic heterocycles. The topological polar surface area (TPSA) is 21.3 Å². The van der Waals surface area contributed by atoms with Crippen LogP contribution >= 0.6 is 0 Å². The summed E-state index contributed by atoms with van der Waals surface area (Å²) in [6.45, 7) is 2.02. The number of benzene rings is 2. The number of fused-ring (bicyclic) bond motifs is 1. The number of nitrogens with one attached hydrogen (secondary N) is 1. The molecule has 0 saturated heterocycles. The van der Waals surface area contributed by atoms with Gasteiger partial charge in [0.2, 0.25) is 0 Å². The van der Waals surface area contributed by atoms with E-state index in [1.807, 2.05) is 30.3 Å². The third kappa shape index (κ3) is 2.32. The van der Waals surface area contributed by atoms with E-state index < -0.39 is 0 Å². The maximum Gasteiger partial charge on any atom is 0.127 e. The Labute approximate surface area is 101 Å². The molecular formula is C15H15NO. The Bertz CT molecular complexity index is 508. The van der Waals surface area contributed by atoms with Gasteiger partial charge in [-0.15, -0.1) is 0 Å². The molecule has 0 fully saturated rings. The zero-order valence-electron chi connectivity index (χ0n) is 9.65.